The molecule has 0 heterocycles. The van der Waals surface area contributed by atoms with Crippen molar-refractivity contribution in [2.24, 2.45) is 0 Å². The van der Waals surface area contributed by atoms with Crippen LogP contribution in [-0.4, -0.2) is 0 Å². The maximum Gasteiger partial charge on any atom is 0.127 e. The van der Waals surface area contributed by atoms with Crippen LogP contribution in [0.5, 0.6) is 5.75 Å². The molecule has 0 N–H and O–H groups in total. The lowest BCUT2D eigenvalue weighted by atomic mass is 9.87. The fourth-order valence-electron chi connectivity index (χ4n) is 1.82. The summed E-state index contributed by atoms with van der Waals surface area (Å²) in [6, 6.07) is 14.8. The highest BCUT2D eigenvalue weighted by Gasteiger charge is 2.15. The summed E-state index contributed by atoms with van der Waals surface area (Å²) in [6.07, 6.45) is 0. The van der Waals surface area contributed by atoms with Gasteiger partial charge in [0, 0.05) is 6.07 Å². The molecule has 2 aromatic carbocycles. The molecule has 1 nitrogen and oxygen atoms in total. The van der Waals surface area contributed by atoms with Crippen molar-refractivity contribution in [1.29, 1.82) is 0 Å². The lowest BCUT2D eigenvalue weighted by Crippen LogP contribution is -2.11. The van der Waals surface area contributed by atoms with Crippen molar-refractivity contribution in [1.82, 2.24) is 0 Å². The zero-order valence-corrected chi connectivity index (χ0v) is 11.6. The summed E-state index contributed by atoms with van der Waals surface area (Å²) in [7, 11) is 0. The van der Waals surface area contributed by atoms with Gasteiger partial charge in [0.1, 0.15) is 18.2 Å². The van der Waals surface area contributed by atoms with Crippen molar-refractivity contribution in [2.75, 3.05) is 0 Å². The van der Waals surface area contributed by atoms with Gasteiger partial charge in [-0.25, -0.2) is 4.39 Å². The fourth-order valence-corrected chi connectivity index (χ4v) is 1.82. The van der Waals surface area contributed by atoms with E-state index in [1.54, 1.807) is 6.07 Å². The van der Waals surface area contributed by atoms with Gasteiger partial charge in [-0.3, -0.25) is 0 Å². The molecule has 2 heteroatoms. The van der Waals surface area contributed by atoms with Crippen LogP contribution in [0.2, 0.25) is 0 Å². The first kappa shape index (κ1) is 13.6. The standard InChI is InChI=1S/C17H19FO/c1-17(2,3)14-9-15(18)11-16(10-14)19-12-13-7-5-4-6-8-13/h4-11H,12H2,1-3H3. The third-order valence-electron chi connectivity index (χ3n) is 2.99. The molecule has 0 saturated carbocycles. The SMILES string of the molecule is CC(C)(C)c1cc(F)cc(OCc2ccccc2)c1. The van der Waals surface area contributed by atoms with Crippen molar-refractivity contribution < 1.29 is 9.13 Å². The number of hydrogen-bond acceptors (Lipinski definition) is 1. The summed E-state index contributed by atoms with van der Waals surface area (Å²) < 4.78 is 19.3. The van der Waals surface area contributed by atoms with Crippen LogP contribution in [-0.2, 0) is 12.0 Å². The maximum absolute atomic E-state index is 13.6. The average molecular weight is 258 g/mol. The van der Waals surface area contributed by atoms with Crippen molar-refractivity contribution in [3.05, 3.63) is 65.5 Å². The third kappa shape index (κ3) is 3.82. The molecule has 0 bridgehead atoms. The van der Waals surface area contributed by atoms with E-state index in [4.69, 9.17) is 4.74 Å². The minimum Gasteiger partial charge on any atom is -0.489 e. The molecule has 0 amide bonds. The second-order valence-electron chi connectivity index (χ2n) is 5.70. The Kier molecular flexibility index (Phi) is 3.89. The zero-order chi connectivity index (χ0) is 13.9. The molecule has 0 spiro atoms. The van der Waals surface area contributed by atoms with E-state index in [9.17, 15) is 4.39 Å². The molecular weight excluding hydrogens is 239 g/mol. The molecular formula is C17H19FO. The van der Waals surface area contributed by atoms with Crippen LogP contribution in [0.1, 0.15) is 31.9 Å². The first-order valence-electron chi connectivity index (χ1n) is 6.43. The third-order valence-corrected chi connectivity index (χ3v) is 2.99. The van der Waals surface area contributed by atoms with E-state index in [1.807, 2.05) is 36.4 Å². The highest BCUT2D eigenvalue weighted by atomic mass is 19.1. The first-order valence-corrected chi connectivity index (χ1v) is 6.43. The molecule has 0 fully saturated rings. The van der Waals surface area contributed by atoms with E-state index >= 15 is 0 Å². The van der Waals surface area contributed by atoms with Gasteiger partial charge < -0.3 is 4.74 Å². The molecule has 0 aliphatic rings. The van der Waals surface area contributed by atoms with Gasteiger partial charge in [-0.05, 0) is 28.7 Å². The topological polar surface area (TPSA) is 9.23 Å². The second-order valence-corrected chi connectivity index (χ2v) is 5.70. The van der Waals surface area contributed by atoms with Gasteiger partial charge in [-0.1, -0.05) is 51.1 Å². The van der Waals surface area contributed by atoms with Crippen molar-refractivity contribution >= 4 is 0 Å². The quantitative estimate of drug-likeness (QED) is 0.775. The van der Waals surface area contributed by atoms with Crippen LogP contribution in [0, 0.1) is 5.82 Å². The second kappa shape index (κ2) is 5.43. The van der Waals surface area contributed by atoms with Gasteiger partial charge in [0.25, 0.3) is 0 Å². The van der Waals surface area contributed by atoms with Crippen LogP contribution in [0.15, 0.2) is 48.5 Å². The van der Waals surface area contributed by atoms with E-state index in [0.29, 0.717) is 12.4 Å². The highest BCUT2D eigenvalue weighted by molar-refractivity contribution is 5.33. The van der Waals surface area contributed by atoms with Gasteiger partial charge in [0.05, 0.1) is 0 Å². The van der Waals surface area contributed by atoms with Gasteiger partial charge in [0.2, 0.25) is 0 Å². The maximum atomic E-state index is 13.6. The minimum atomic E-state index is -0.254. The summed E-state index contributed by atoms with van der Waals surface area (Å²) >= 11 is 0. The van der Waals surface area contributed by atoms with Crippen molar-refractivity contribution in [2.45, 2.75) is 32.8 Å². The van der Waals surface area contributed by atoms with Crippen LogP contribution in [0.3, 0.4) is 0 Å². The van der Waals surface area contributed by atoms with Crippen LogP contribution in [0.4, 0.5) is 4.39 Å². The number of hydrogen-bond donors (Lipinski definition) is 0. The molecule has 100 valence electrons. The van der Waals surface area contributed by atoms with E-state index in [2.05, 4.69) is 20.8 Å². The summed E-state index contributed by atoms with van der Waals surface area (Å²) in [5.74, 6) is 0.323. The Bertz CT molecular complexity index is 541. The molecule has 0 atom stereocenters. The van der Waals surface area contributed by atoms with Crippen LogP contribution < -0.4 is 4.74 Å². The van der Waals surface area contributed by atoms with Gasteiger partial charge in [-0.2, -0.15) is 0 Å². The van der Waals surface area contributed by atoms with Gasteiger partial charge in [0.15, 0.2) is 0 Å². The van der Waals surface area contributed by atoms with E-state index < -0.39 is 0 Å². The van der Waals surface area contributed by atoms with E-state index in [-0.39, 0.29) is 11.2 Å². The summed E-state index contributed by atoms with van der Waals surface area (Å²) in [4.78, 5) is 0. The van der Waals surface area contributed by atoms with Gasteiger partial charge >= 0.3 is 0 Å². The molecule has 19 heavy (non-hydrogen) atoms. The monoisotopic (exact) mass is 258 g/mol. The Morgan fingerprint density at radius 3 is 2.32 bits per heavy atom. The number of benzene rings is 2. The van der Waals surface area contributed by atoms with E-state index in [0.717, 1.165) is 11.1 Å². The molecule has 0 radical (unpaired) electrons. The summed E-state index contributed by atoms with van der Waals surface area (Å²) in [5.41, 5.74) is 1.92. The van der Waals surface area contributed by atoms with Crippen molar-refractivity contribution in [3.8, 4) is 5.75 Å². The summed E-state index contributed by atoms with van der Waals surface area (Å²) in [5, 5.41) is 0. The van der Waals surface area contributed by atoms with Crippen molar-refractivity contribution in [3.63, 3.8) is 0 Å². The minimum absolute atomic E-state index is 0.0903. The van der Waals surface area contributed by atoms with E-state index in [1.165, 1.54) is 6.07 Å². The number of halogens is 1. The molecule has 0 aromatic heterocycles. The Balaban J connectivity index is 2.15. The van der Waals surface area contributed by atoms with Gasteiger partial charge in [-0.15, -0.1) is 0 Å². The highest BCUT2D eigenvalue weighted by Crippen LogP contribution is 2.27. The number of rotatable bonds is 3. The Hall–Kier alpha value is -1.83. The Morgan fingerprint density at radius 2 is 1.68 bits per heavy atom. The molecule has 2 rings (SSSR count). The molecule has 2 aromatic rings. The smallest absolute Gasteiger partial charge is 0.127 e. The average Bonchev–Trinajstić information content (AvgIpc) is 2.36. The lowest BCUT2D eigenvalue weighted by molar-refractivity contribution is 0.303. The molecule has 0 aliphatic carbocycles. The molecule has 0 aliphatic heterocycles. The first-order chi connectivity index (χ1) is 8.95. The largest absolute Gasteiger partial charge is 0.489 e. The molecule has 0 saturated heterocycles. The fraction of sp³-hybridized carbons (Fsp3) is 0.294. The summed E-state index contributed by atoms with van der Waals surface area (Å²) in [6.45, 7) is 6.63. The Labute approximate surface area is 114 Å². The zero-order valence-electron chi connectivity index (χ0n) is 11.6. The lowest BCUT2D eigenvalue weighted by Gasteiger charge is -2.20. The van der Waals surface area contributed by atoms with Crippen LogP contribution >= 0.6 is 0 Å². The predicted molar refractivity (Wildman–Crippen MR) is 75.9 cm³/mol. The van der Waals surface area contributed by atoms with Crippen LogP contribution in [0.25, 0.3) is 0 Å². The predicted octanol–water partition coefficient (Wildman–Crippen LogP) is 4.70. The molecule has 0 unspecified atom stereocenters. The number of ether oxygens (including phenoxy) is 1. The normalized spacial score (nSPS) is 11.4. The Morgan fingerprint density at radius 1 is 1.00 bits per heavy atom.